The molecule has 1 heterocycles. The number of nitrogens with one attached hydrogen (secondary N) is 3. The van der Waals surface area contributed by atoms with Crippen molar-refractivity contribution in [1.82, 2.24) is 16.0 Å². The summed E-state index contributed by atoms with van der Waals surface area (Å²) in [6.07, 6.45) is 2.87. The maximum atomic E-state index is 11.8. The number of aryl methyl sites for hydroxylation is 1. The number of benzene rings is 1. The highest BCUT2D eigenvalue weighted by molar-refractivity contribution is 7.11. The SMILES string of the molecule is Cc1ccc(CNC(=O)NCCc2ccc(OCC(=O)NC3CC3)cc2)s1. The lowest BCUT2D eigenvalue weighted by Crippen LogP contribution is -2.36. The van der Waals surface area contributed by atoms with Gasteiger partial charge in [0.1, 0.15) is 5.75 Å². The third kappa shape index (κ3) is 6.94. The van der Waals surface area contributed by atoms with E-state index in [9.17, 15) is 9.59 Å². The van der Waals surface area contributed by atoms with Crippen LogP contribution in [0.2, 0.25) is 0 Å². The van der Waals surface area contributed by atoms with E-state index in [2.05, 4.69) is 16.0 Å². The maximum Gasteiger partial charge on any atom is 0.315 e. The fraction of sp³-hybridized carbons (Fsp3) is 0.400. The Hall–Kier alpha value is -2.54. The highest BCUT2D eigenvalue weighted by Gasteiger charge is 2.23. The summed E-state index contributed by atoms with van der Waals surface area (Å²) in [4.78, 5) is 25.8. The van der Waals surface area contributed by atoms with Crippen molar-refractivity contribution in [3.8, 4) is 5.75 Å². The number of carbonyl (C=O) groups excluding carboxylic acids is 2. The normalized spacial score (nSPS) is 13.1. The van der Waals surface area contributed by atoms with Crippen LogP contribution in [0.15, 0.2) is 36.4 Å². The number of amides is 3. The zero-order chi connectivity index (χ0) is 19.1. The second-order valence-electron chi connectivity index (χ2n) is 6.65. The molecule has 2 aromatic rings. The zero-order valence-corrected chi connectivity index (χ0v) is 16.2. The number of ether oxygens (including phenoxy) is 1. The molecule has 1 aliphatic carbocycles. The first-order chi connectivity index (χ1) is 13.1. The minimum absolute atomic E-state index is 0.0430. The average molecular weight is 388 g/mol. The molecule has 0 radical (unpaired) electrons. The molecule has 0 aliphatic heterocycles. The summed E-state index contributed by atoms with van der Waals surface area (Å²) in [6, 6.07) is 11.8. The first kappa shape index (κ1) is 19.2. The van der Waals surface area contributed by atoms with Crippen molar-refractivity contribution in [2.45, 2.75) is 38.8 Å². The summed E-state index contributed by atoms with van der Waals surface area (Å²) in [7, 11) is 0. The molecule has 0 spiro atoms. The van der Waals surface area contributed by atoms with Gasteiger partial charge in [-0.05, 0) is 56.0 Å². The van der Waals surface area contributed by atoms with Crippen molar-refractivity contribution >= 4 is 23.3 Å². The summed E-state index contributed by atoms with van der Waals surface area (Å²) in [6.45, 7) is 3.19. The molecule has 0 unspecified atom stereocenters. The monoisotopic (exact) mass is 387 g/mol. The predicted octanol–water partition coefficient (Wildman–Crippen LogP) is 2.76. The van der Waals surface area contributed by atoms with E-state index in [4.69, 9.17) is 4.74 Å². The van der Waals surface area contributed by atoms with Gasteiger partial charge in [0.05, 0.1) is 6.54 Å². The standard InChI is InChI=1S/C20H25N3O3S/c1-14-2-9-18(27-14)12-22-20(25)21-11-10-15-3-7-17(8-4-15)26-13-19(24)23-16-5-6-16/h2-4,7-9,16H,5-6,10-13H2,1H3,(H,23,24)(H2,21,22,25). The van der Waals surface area contributed by atoms with Gasteiger partial charge >= 0.3 is 6.03 Å². The second kappa shape index (κ2) is 9.41. The van der Waals surface area contributed by atoms with Gasteiger partial charge in [-0.3, -0.25) is 4.79 Å². The van der Waals surface area contributed by atoms with Gasteiger partial charge < -0.3 is 20.7 Å². The molecule has 1 fully saturated rings. The van der Waals surface area contributed by atoms with Crippen LogP contribution in [0, 0.1) is 6.92 Å². The molecule has 3 amide bonds. The highest BCUT2D eigenvalue weighted by atomic mass is 32.1. The quantitative estimate of drug-likeness (QED) is 0.619. The van der Waals surface area contributed by atoms with Gasteiger partial charge in [0.25, 0.3) is 5.91 Å². The van der Waals surface area contributed by atoms with E-state index in [1.165, 1.54) is 4.88 Å². The van der Waals surface area contributed by atoms with Crippen LogP contribution in [-0.2, 0) is 17.8 Å². The number of carbonyl (C=O) groups is 2. The Morgan fingerprint density at radius 3 is 2.56 bits per heavy atom. The number of hydrogen-bond donors (Lipinski definition) is 3. The smallest absolute Gasteiger partial charge is 0.315 e. The van der Waals surface area contributed by atoms with Crippen LogP contribution < -0.4 is 20.7 Å². The molecular formula is C20H25N3O3S. The molecule has 1 aromatic heterocycles. The molecule has 3 rings (SSSR count). The van der Waals surface area contributed by atoms with Crippen molar-refractivity contribution < 1.29 is 14.3 Å². The van der Waals surface area contributed by atoms with Crippen LogP contribution >= 0.6 is 11.3 Å². The van der Waals surface area contributed by atoms with Crippen molar-refractivity contribution in [3.63, 3.8) is 0 Å². The first-order valence-electron chi connectivity index (χ1n) is 9.16. The largest absolute Gasteiger partial charge is 0.484 e. The second-order valence-corrected chi connectivity index (χ2v) is 8.02. The molecule has 6 nitrogen and oxygen atoms in total. The minimum Gasteiger partial charge on any atom is -0.484 e. The molecule has 3 N–H and O–H groups in total. The third-order valence-corrected chi connectivity index (χ3v) is 5.15. The van der Waals surface area contributed by atoms with Crippen LogP contribution in [0.4, 0.5) is 4.79 Å². The number of thiophene rings is 1. The Morgan fingerprint density at radius 2 is 1.89 bits per heavy atom. The first-order valence-corrected chi connectivity index (χ1v) is 9.98. The Kier molecular flexibility index (Phi) is 6.70. The van der Waals surface area contributed by atoms with Gasteiger partial charge in [-0.15, -0.1) is 11.3 Å². The molecule has 1 aromatic carbocycles. The van der Waals surface area contributed by atoms with E-state index in [1.54, 1.807) is 11.3 Å². The maximum absolute atomic E-state index is 11.8. The van der Waals surface area contributed by atoms with E-state index in [0.717, 1.165) is 29.7 Å². The van der Waals surface area contributed by atoms with Crippen LogP contribution in [0.1, 0.15) is 28.2 Å². The molecule has 0 saturated heterocycles. The van der Waals surface area contributed by atoms with Gasteiger partial charge in [-0.25, -0.2) is 4.79 Å². The molecule has 1 aliphatic rings. The van der Waals surface area contributed by atoms with Crippen molar-refractivity contribution in [3.05, 3.63) is 51.7 Å². The molecule has 144 valence electrons. The van der Waals surface area contributed by atoms with Crippen LogP contribution in [0.25, 0.3) is 0 Å². The lowest BCUT2D eigenvalue weighted by atomic mass is 10.1. The van der Waals surface area contributed by atoms with Crippen LogP contribution in [0.3, 0.4) is 0 Å². The van der Waals surface area contributed by atoms with E-state index in [0.29, 0.717) is 24.9 Å². The van der Waals surface area contributed by atoms with Gasteiger partial charge in [0, 0.05) is 22.3 Å². The van der Waals surface area contributed by atoms with Gasteiger partial charge in [-0.1, -0.05) is 12.1 Å². The summed E-state index contributed by atoms with van der Waals surface area (Å²) in [5.41, 5.74) is 1.10. The molecule has 27 heavy (non-hydrogen) atoms. The summed E-state index contributed by atoms with van der Waals surface area (Å²) < 4.78 is 5.48. The molecule has 0 bridgehead atoms. The lowest BCUT2D eigenvalue weighted by molar-refractivity contribution is -0.123. The highest BCUT2D eigenvalue weighted by Crippen LogP contribution is 2.18. The third-order valence-electron chi connectivity index (χ3n) is 4.15. The van der Waals surface area contributed by atoms with Crippen molar-refractivity contribution in [2.75, 3.05) is 13.2 Å². The summed E-state index contributed by atoms with van der Waals surface area (Å²) in [5, 5.41) is 8.60. The van der Waals surface area contributed by atoms with Crippen molar-refractivity contribution in [1.29, 1.82) is 0 Å². The van der Waals surface area contributed by atoms with E-state index >= 15 is 0 Å². The van der Waals surface area contributed by atoms with Crippen molar-refractivity contribution in [2.24, 2.45) is 0 Å². The number of rotatable bonds is 9. The molecule has 1 saturated carbocycles. The molecular weight excluding hydrogens is 362 g/mol. The Morgan fingerprint density at radius 1 is 1.11 bits per heavy atom. The van der Waals surface area contributed by atoms with Crippen LogP contribution in [0.5, 0.6) is 5.75 Å². The fourth-order valence-corrected chi connectivity index (χ4v) is 3.36. The number of hydrogen-bond acceptors (Lipinski definition) is 4. The van der Waals surface area contributed by atoms with Gasteiger partial charge in [0.2, 0.25) is 0 Å². The Balaban J connectivity index is 1.30. The minimum atomic E-state index is -0.164. The van der Waals surface area contributed by atoms with E-state index in [1.807, 2.05) is 43.3 Å². The van der Waals surface area contributed by atoms with E-state index < -0.39 is 0 Å². The average Bonchev–Trinajstić information content (AvgIpc) is 3.37. The van der Waals surface area contributed by atoms with E-state index in [-0.39, 0.29) is 18.5 Å². The summed E-state index contributed by atoms with van der Waals surface area (Å²) >= 11 is 1.68. The summed E-state index contributed by atoms with van der Waals surface area (Å²) in [5.74, 6) is 0.594. The fourth-order valence-electron chi connectivity index (χ4n) is 2.53. The number of urea groups is 1. The zero-order valence-electron chi connectivity index (χ0n) is 15.4. The van der Waals surface area contributed by atoms with Gasteiger partial charge in [0.15, 0.2) is 6.61 Å². The van der Waals surface area contributed by atoms with Crippen LogP contribution in [-0.4, -0.2) is 31.1 Å². The molecule has 0 atom stereocenters. The predicted molar refractivity (Wildman–Crippen MR) is 106 cm³/mol. The Bertz CT molecular complexity index is 769. The Labute approximate surface area is 163 Å². The molecule has 7 heteroatoms. The van der Waals surface area contributed by atoms with Gasteiger partial charge in [-0.2, -0.15) is 0 Å². The topological polar surface area (TPSA) is 79.5 Å². The lowest BCUT2D eigenvalue weighted by Gasteiger charge is -2.09.